The van der Waals surface area contributed by atoms with Gasteiger partial charge in [0.05, 0.1) is 0 Å². The Morgan fingerprint density at radius 3 is 2.56 bits per heavy atom. The molecule has 2 bridgehead atoms. The summed E-state index contributed by atoms with van der Waals surface area (Å²) in [6.07, 6.45) is 5.07. The van der Waals surface area contributed by atoms with Gasteiger partial charge >= 0.3 is 6.03 Å². The second kappa shape index (κ2) is 4.81. The van der Waals surface area contributed by atoms with Gasteiger partial charge in [0, 0.05) is 16.8 Å². The van der Waals surface area contributed by atoms with Gasteiger partial charge in [-0.25, -0.2) is 4.79 Å². The fourth-order valence-corrected chi connectivity index (χ4v) is 3.42. The molecule has 4 heteroatoms. The molecule has 1 aromatic rings. The topological polar surface area (TPSA) is 41.1 Å². The van der Waals surface area contributed by atoms with E-state index in [1.807, 2.05) is 12.1 Å². The Morgan fingerprint density at radius 2 is 1.94 bits per heavy atom. The Bertz CT molecular complexity index is 446. The second-order valence-corrected chi connectivity index (χ2v) is 5.82. The molecule has 1 aromatic carbocycles. The molecule has 3 atom stereocenters. The third-order valence-electron chi connectivity index (χ3n) is 4.16. The van der Waals surface area contributed by atoms with Gasteiger partial charge in [-0.2, -0.15) is 0 Å². The van der Waals surface area contributed by atoms with Crippen LogP contribution in [-0.4, -0.2) is 12.1 Å². The van der Waals surface area contributed by atoms with Crippen molar-refractivity contribution in [2.75, 3.05) is 5.32 Å². The third kappa shape index (κ3) is 2.46. The van der Waals surface area contributed by atoms with Gasteiger partial charge in [0.1, 0.15) is 0 Å². The van der Waals surface area contributed by atoms with Gasteiger partial charge in [-0.05, 0) is 55.4 Å². The van der Waals surface area contributed by atoms with E-state index in [4.69, 9.17) is 11.6 Å². The zero-order valence-corrected chi connectivity index (χ0v) is 10.9. The number of fused-ring (bicyclic) bond motifs is 2. The summed E-state index contributed by atoms with van der Waals surface area (Å²) >= 11 is 5.80. The first-order chi connectivity index (χ1) is 8.70. The van der Waals surface area contributed by atoms with Gasteiger partial charge in [-0.3, -0.25) is 0 Å². The summed E-state index contributed by atoms with van der Waals surface area (Å²) in [6, 6.07) is 7.43. The van der Waals surface area contributed by atoms with Gasteiger partial charge in [0.15, 0.2) is 0 Å². The molecule has 2 aliphatic rings. The first kappa shape index (κ1) is 11.8. The molecule has 0 aromatic heterocycles. The van der Waals surface area contributed by atoms with Crippen LogP contribution in [0.2, 0.25) is 5.02 Å². The number of carbonyl (C=O) groups is 1. The van der Waals surface area contributed by atoms with Crippen molar-refractivity contribution in [1.82, 2.24) is 5.32 Å². The van der Waals surface area contributed by atoms with E-state index in [0.717, 1.165) is 18.0 Å². The van der Waals surface area contributed by atoms with Crippen molar-refractivity contribution < 1.29 is 4.79 Å². The quantitative estimate of drug-likeness (QED) is 0.841. The third-order valence-corrected chi connectivity index (χ3v) is 4.41. The molecular weight excluding hydrogens is 248 g/mol. The van der Waals surface area contributed by atoms with Gasteiger partial charge in [-0.15, -0.1) is 0 Å². The summed E-state index contributed by atoms with van der Waals surface area (Å²) in [4.78, 5) is 11.9. The minimum Gasteiger partial charge on any atom is -0.335 e. The largest absolute Gasteiger partial charge is 0.335 e. The fourth-order valence-electron chi connectivity index (χ4n) is 3.29. The van der Waals surface area contributed by atoms with Crippen molar-refractivity contribution in [2.45, 2.75) is 31.7 Å². The fraction of sp³-hybridized carbons (Fsp3) is 0.500. The molecule has 2 saturated carbocycles. The second-order valence-electron chi connectivity index (χ2n) is 5.39. The predicted molar refractivity (Wildman–Crippen MR) is 72.8 cm³/mol. The van der Waals surface area contributed by atoms with Gasteiger partial charge in [0.25, 0.3) is 0 Å². The van der Waals surface area contributed by atoms with Crippen LogP contribution in [0.3, 0.4) is 0 Å². The van der Waals surface area contributed by atoms with Crippen molar-refractivity contribution in [1.29, 1.82) is 0 Å². The SMILES string of the molecule is O=C(Nc1ccc(Cl)cc1)N[C@@H]1C[C@@H]2CC[C@H]1C2. The van der Waals surface area contributed by atoms with E-state index in [-0.39, 0.29) is 6.03 Å². The first-order valence-corrected chi connectivity index (χ1v) is 6.91. The van der Waals surface area contributed by atoms with E-state index in [1.54, 1.807) is 12.1 Å². The highest BCUT2D eigenvalue weighted by molar-refractivity contribution is 6.30. The molecule has 2 amide bonds. The molecule has 2 N–H and O–H groups in total. The first-order valence-electron chi connectivity index (χ1n) is 6.54. The number of halogens is 1. The Morgan fingerprint density at radius 1 is 1.17 bits per heavy atom. The Labute approximate surface area is 112 Å². The molecule has 2 aliphatic carbocycles. The van der Waals surface area contributed by atoms with Crippen LogP contribution in [-0.2, 0) is 0 Å². The number of hydrogen-bond acceptors (Lipinski definition) is 1. The number of nitrogens with one attached hydrogen (secondary N) is 2. The minimum atomic E-state index is -0.102. The predicted octanol–water partition coefficient (Wildman–Crippen LogP) is 3.65. The molecule has 2 fully saturated rings. The molecule has 0 aliphatic heterocycles. The monoisotopic (exact) mass is 264 g/mol. The van der Waals surface area contributed by atoms with E-state index in [2.05, 4.69) is 10.6 Å². The highest BCUT2D eigenvalue weighted by atomic mass is 35.5. The summed E-state index contributed by atoms with van der Waals surface area (Å²) < 4.78 is 0. The highest BCUT2D eigenvalue weighted by Crippen LogP contribution is 2.44. The van der Waals surface area contributed by atoms with Gasteiger partial charge < -0.3 is 10.6 Å². The number of amides is 2. The summed E-state index contributed by atoms with van der Waals surface area (Å²) in [7, 11) is 0. The lowest BCUT2D eigenvalue weighted by molar-refractivity contribution is 0.242. The van der Waals surface area contributed by atoms with Crippen LogP contribution in [0, 0.1) is 11.8 Å². The van der Waals surface area contributed by atoms with Crippen LogP contribution in [0.15, 0.2) is 24.3 Å². The minimum absolute atomic E-state index is 0.102. The lowest BCUT2D eigenvalue weighted by Crippen LogP contribution is -2.40. The Balaban J connectivity index is 1.54. The van der Waals surface area contributed by atoms with E-state index < -0.39 is 0 Å². The van der Waals surface area contributed by atoms with Crippen molar-refractivity contribution in [3.05, 3.63) is 29.3 Å². The molecule has 0 radical (unpaired) electrons. The van der Waals surface area contributed by atoms with Crippen LogP contribution >= 0.6 is 11.6 Å². The molecule has 3 rings (SSSR count). The maximum atomic E-state index is 11.9. The van der Waals surface area contributed by atoms with Crippen molar-refractivity contribution >= 4 is 23.3 Å². The average molecular weight is 265 g/mol. The Kier molecular flexibility index (Phi) is 3.16. The van der Waals surface area contributed by atoms with Crippen LogP contribution in [0.4, 0.5) is 10.5 Å². The zero-order valence-electron chi connectivity index (χ0n) is 10.2. The van der Waals surface area contributed by atoms with Crippen molar-refractivity contribution in [3.8, 4) is 0 Å². The van der Waals surface area contributed by atoms with E-state index >= 15 is 0 Å². The summed E-state index contributed by atoms with van der Waals surface area (Å²) in [5.41, 5.74) is 0.778. The number of hydrogen-bond donors (Lipinski definition) is 2. The number of carbonyl (C=O) groups excluding carboxylic acids is 1. The number of urea groups is 1. The molecule has 96 valence electrons. The summed E-state index contributed by atoms with van der Waals surface area (Å²) in [6.45, 7) is 0. The molecular formula is C14H17ClN2O. The number of rotatable bonds is 2. The maximum Gasteiger partial charge on any atom is 0.319 e. The maximum absolute atomic E-state index is 11.9. The number of benzene rings is 1. The highest BCUT2D eigenvalue weighted by Gasteiger charge is 2.40. The van der Waals surface area contributed by atoms with Crippen molar-refractivity contribution in [2.24, 2.45) is 11.8 Å². The molecule has 3 nitrogen and oxygen atoms in total. The van der Waals surface area contributed by atoms with Crippen LogP contribution < -0.4 is 10.6 Å². The zero-order chi connectivity index (χ0) is 12.5. The number of anilines is 1. The summed E-state index contributed by atoms with van der Waals surface area (Å²) in [5.74, 6) is 1.54. The lowest BCUT2D eigenvalue weighted by atomic mass is 9.95. The standard InChI is InChI=1S/C14H17ClN2O/c15-11-3-5-12(6-4-11)16-14(18)17-13-8-9-1-2-10(13)7-9/h3-6,9-10,13H,1-2,7-8H2,(H2,16,17,18)/t9-,10+,13-/m1/s1. The van der Waals surface area contributed by atoms with Crippen LogP contribution in [0.25, 0.3) is 0 Å². The van der Waals surface area contributed by atoms with Crippen molar-refractivity contribution in [3.63, 3.8) is 0 Å². The van der Waals surface area contributed by atoms with Crippen LogP contribution in [0.1, 0.15) is 25.7 Å². The van der Waals surface area contributed by atoms with Crippen LogP contribution in [0.5, 0.6) is 0 Å². The normalized spacial score (nSPS) is 29.3. The molecule has 0 unspecified atom stereocenters. The van der Waals surface area contributed by atoms with Gasteiger partial charge in [-0.1, -0.05) is 18.0 Å². The van der Waals surface area contributed by atoms with E-state index in [9.17, 15) is 4.79 Å². The molecule has 0 saturated heterocycles. The smallest absolute Gasteiger partial charge is 0.319 e. The van der Waals surface area contributed by atoms with E-state index in [1.165, 1.54) is 19.3 Å². The molecule has 0 spiro atoms. The molecule has 18 heavy (non-hydrogen) atoms. The molecule has 0 heterocycles. The van der Waals surface area contributed by atoms with Gasteiger partial charge in [0.2, 0.25) is 0 Å². The van der Waals surface area contributed by atoms with E-state index in [0.29, 0.717) is 17.0 Å². The summed E-state index contributed by atoms with van der Waals surface area (Å²) in [5, 5.41) is 6.61. The average Bonchev–Trinajstić information content (AvgIpc) is 2.94. The Hall–Kier alpha value is -1.22. The lowest BCUT2D eigenvalue weighted by Gasteiger charge is -2.23.